The molecule has 16 saturated carbocycles. The predicted molar refractivity (Wildman–Crippen MR) is 411 cm³/mol. The van der Waals surface area contributed by atoms with E-state index >= 15 is 0 Å². The van der Waals surface area contributed by atoms with E-state index in [0.29, 0.717) is 21.7 Å². The minimum atomic E-state index is 0.493. The van der Waals surface area contributed by atoms with Crippen LogP contribution in [0.3, 0.4) is 0 Å². The third kappa shape index (κ3) is 14.6. The molecular formula is C96H164. The fourth-order valence-corrected chi connectivity index (χ4v) is 32.8. The highest BCUT2D eigenvalue weighted by molar-refractivity contribution is 5.27. The molecule has 0 radical (unpaired) electrons. The molecule has 28 atom stereocenters. The van der Waals surface area contributed by atoms with Crippen LogP contribution in [0, 0.1) is 181 Å². The van der Waals surface area contributed by atoms with E-state index < -0.39 is 0 Å². The first kappa shape index (κ1) is 71.6. The summed E-state index contributed by atoms with van der Waals surface area (Å²) in [6.45, 7) is 22.6. The summed E-state index contributed by atoms with van der Waals surface area (Å²) in [6, 6.07) is 0. The van der Waals surface area contributed by atoms with Crippen LogP contribution in [0.1, 0.15) is 421 Å². The van der Waals surface area contributed by atoms with Crippen molar-refractivity contribution in [2.75, 3.05) is 0 Å². The van der Waals surface area contributed by atoms with Gasteiger partial charge in [-0.1, -0.05) is 216 Å². The third-order valence-corrected chi connectivity index (χ3v) is 39.2. The van der Waals surface area contributed by atoms with Gasteiger partial charge in [0, 0.05) is 0 Å². The second-order valence-corrected chi connectivity index (χ2v) is 43.5. The van der Waals surface area contributed by atoms with Gasteiger partial charge in [0.1, 0.15) is 0 Å². The van der Waals surface area contributed by atoms with Crippen LogP contribution in [0.2, 0.25) is 0 Å². The molecule has 28 unspecified atom stereocenters. The van der Waals surface area contributed by atoms with E-state index in [1.54, 1.807) is 302 Å². The molecule has 16 rings (SSSR count). The lowest BCUT2D eigenvalue weighted by Crippen LogP contribution is -2.64. The van der Waals surface area contributed by atoms with Crippen molar-refractivity contribution < 1.29 is 0 Å². The summed E-state index contributed by atoms with van der Waals surface area (Å²) in [5.74, 6) is 26.2. The van der Waals surface area contributed by atoms with Crippen molar-refractivity contribution in [3.63, 3.8) is 0 Å². The van der Waals surface area contributed by atoms with Gasteiger partial charge in [-0.2, -0.15) is 0 Å². The van der Waals surface area contributed by atoms with Gasteiger partial charge in [0.15, 0.2) is 0 Å². The van der Waals surface area contributed by atoms with E-state index in [1.807, 2.05) is 0 Å². The van der Waals surface area contributed by atoms with Crippen LogP contribution in [0.15, 0.2) is 0 Å². The summed E-state index contributed by atoms with van der Waals surface area (Å²) in [5, 5.41) is 0. The Hall–Kier alpha value is 0. The zero-order valence-corrected chi connectivity index (χ0v) is 65.8. The Bertz CT molecular complexity index is 2420. The Morgan fingerprint density at radius 2 is 0.844 bits per heavy atom. The zero-order chi connectivity index (χ0) is 65.8. The number of hydrogen-bond donors (Lipinski definition) is 0. The molecule has 16 fully saturated rings. The smallest absolute Gasteiger partial charge is 0.0176 e. The number of rotatable bonds is 2. The summed E-state index contributed by atoms with van der Waals surface area (Å²) in [7, 11) is 0. The minimum Gasteiger partial charge on any atom is -0.0648 e. The van der Waals surface area contributed by atoms with Crippen LogP contribution < -0.4 is 0 Å². The predicted octanol–water partition coefficient (Wildman–Crippen LogP) is 29.5. The molecule has 0 aromatic heterocycles. The van der Waals surface area contributed by atoms with Gasteiger partial charge in [-0.05, 0) is 386 Å². The Morgan fingerprint density at radius 1 is 0.281 bits per heavy atom. The average molecular weight is 1320 g/mol. The van der Waals surface area contributed by atoms with Crippen molar-refractivity contribution in [1.29, 1.82) is 0 Å². The second-order valence-electron chi connectivity index (χ2n) is 43.5. The molecule has 0 heterocycles. The van der Waals surface area contributed by atoms with Crippen LogP contribution in [-0.4, -0.2) is 0 Å². The first-order valence-electron chi connectivity index (χ1n) is 46.7. The monoisotopic (exact) mass is 1320 g/mol. The highest BCUT2D eigenvalue weighted by atomic mass is 14.8. The molecule has 0 amide bonds. The van der Waals surface area contributed by atoms with E-state index in [9.17, 15) is 0 Å². The molecule has 96 heavy (non-hydrogen) atoms. The lowest BCUT2D eigenvalue weighted by Gasteiger charge is -2.71. The van der Waals surface area contributed by atoms with E-state index in [1.165, 1.54) is 64.2 Å². The molecule has 0 N–H and O–H groups in total. The van der Waals surface area contributed by atoms with Gasteiger partial charge in [0.25, 0.3) is 0 Å². The summed E-state index contributed by atoms with van der Waals surface area (Å²) in [4.78, 5) is 0. The SMILES string of the molecule is CCC12CCC3CCC4CCCCCCC(CCCCC(CCC1CCCC1CCCC5CCC6C(CCC(C)CC(C)CC5CCCC(C)(CC2)C1C)CCC(C1CC1)CC12CCC5CC(C)CC7C(C)CCCCCCC7CC57CCC7(C5CC6C5)C1C2)C3C)C1CCC41. The van der Waals surface area contributed by atoms with Crippen molar-refractivity contribution >= 4 is 0 Å². The van der Waals surface area contributed by atoms with Crippen molar-refractivity contribution in [3.05, 3.63) is 0 Å². The molecule has 0 aromatic rings. The maximum Gasteiger partial charge on any atom is -0.0176 e. The molecule has 0 aliphatic heterocycles. The highest BCUT2D eigenvalue weighted by Crippen LogP contribution is 2.86. The normalized spacial score (nSPS) is 53.1. The molecule has 0 saturated heterocycles. The van der Waals surface area contributed by atoms with Gasteiger partial charge in [0.05, 0.1) is 0 Å². The summed E-state index contributed by atoms with van der Waals surface area (Å²) in [5.41, 5.74) is 3.22. The van der Waals surface area contributed by atoms with Crippen molar-refractivity contribution in [2.45, 2.75) is 421 Å². The van der Waals surface area contributed by atoms with E-state index in [4.69, 9.17) is 0 Å². The fourth-order valence-electron chi connectivity index (χ4n) is 32.8. The standard InChI is InChI=1S/C96H164/c1-9-93-51-48-73-36-39-78-26-16-13-12-15-25-77(88-46-47-89(78)88)27-19-18-24-72(70(73)6)42-44-84(93)33-21-30-74-29-20-31-75-43-45-87-79(35-34-66(2)57-67(3)58-80(75)32-22-50-92(8,53-54-93)71(74)7)40-41-81(76-37-38-76)63-94-52-49-85-59-68(4)60-90-69(5)23-14-10-11-17-28-82(90)64-95(85)55-56-96(95,91(94)65-94)86-61-83(87)62-86/h66-91H,9-65H2,1-8H3. The molecule has 16 aliphatic carbocycles. The van der Waals surface area contributed by atoms with Crippen molar-refractivity contribution in [1.82, 2.24) is 0 Å². The zero-order valence-electron chi connectivity index (χ0n) is 65.8. The lowest BCUT2D eigenvalue weighted by molar-refractivity contribution is -0.228. The molecule has 10 bridgehead atoms. The van der Waals surface area contributed by atoms with Gasteiger partial charge >= 0.3 is 0 Å². The summed E-state index contributed by atoms with van der Waals surface area (Å²) >= 11 is 0. The van der Waals surface area contributed by atoms with Gasteiger partial charge in [0.2, 0.25) is 0 Å². The van der Waals surface area contributed by atoms with Crippen LogP contribution in [0.4, 0.5) is 0 Å². The number of hydrogen-bond acceptors (Lipinski definition) is 0. The van der Waals surface area contributed by atoms with Crippen LogP contribution in [-0.2, 0) is 0 Å². The van der Waals surface area contributed by atoms with Gasteiger partial charge in [-0.15, -0.1) is 0 Å². The van der Waals surface area contributed by atoms with Crippen LogP contribution in [0.25, 0.3) is 0 Å². The first-order chi connectivity index (χ1) is 46.7. The number of fused-ring (bicyclic) bond motifs is 10. The molecular weight excluding hydrogens is 1150 g/mol. The van der Waals surface area contributed by atoms with Gasteiger partial charge in [-0.3, -0.25) is 0 Å². The minimum absolute atomic E-state index is 0.493. The topological polar surface area (TPSA) is 0 Å². The van der Waals surface area contributed by atoms with Crippen LogP contribution >= 0.6 is 0 Å². The van der Waals surface area contributed by atoms with E-state index in [-0.39, 0.29) is 0 Å². The molecule has 548 valence electrons. The Labute approximate surface area is 598 Å². The molecule has 0 nitrogen and oxygen atoms in total. The Balaban J connectivity index is 0.677. The highest BCUT2D eigenvalue weighted by Gasteiger charge is 2.78. The molecule has 16 aliphatic rings. The van der Waals surface area contributed by atoms with Crippen molar-refractivity contribution in [2.24, 2.45) is 181 Å². The fraction of sp³-hybridized carbons (Fsp3) is 1.00. The third-order valence-electron chi connectivity index (χ3n) is 39.2. The maximum absolute atomic E-state index is 2.96. The Morgan fingerprint density at radius 3 is 1.56 bits per heavy atom. The van der Waals surface area contributed by atoms with Crippen LogP contribution in [0.5, 0.6) is 0 Å². The maximum atomic E-state index is 2.96. The largest absolute Gasteiger partial charge is 0.0648 e. The lowest BCUT2D eigenvalue weighted by atomic mass is 9.33. The van der Waals surface area contributed by atoms with E-state index in [2.05, 4.69) is 55.4 Å². The van der Waals surface area contributed by atoms with E-state index in [0.717, 1.165) is 159 Å². The first-order valence-corrected chi connectivity index (χ1v) is 46.7. The van der Waals surface area contributed by atoms with Crippen molar-refractivity contribution in [3.8, 4) is 0 Å². The second kappa shape index (κ2) is 30.8. The molecule has 2 spiro atoms. The quantitative estimate of drug-likeness (QED) is 0.259. The van der Waals surface area contributed by atoms with Gasteiger partial charge < -0.3 is 0 Å². The average Bonchev–Trinajstić information content (AvgIpc) is 1.63. The molecule has 0 heteroatoms. The van der Waals surface area contributed by atoms with Gasteiger partial charge in [-0.25, -0.2) is 0 Å². The molecule has 0 aromatic carbocycles. The summed E-state index contributed by atoms with van der Waals surface area (Å²) in [6.07, 6.45) is 90.4. The Kier molecular flexibility index (Phi) is 23.0. The summed E-state index contributed by atoms with van der Waals surface area (Å²) < 4.78 is 0.